The molecule has 7 rings (SSSR count). The number of benzene rings is 4. The molecule has 0 unspecified atom stereocenters. The smallest absolute Gasteiger partial charge is 0.325 e. The van der Waals surface area contributed by atoms with Crippen molar-refractivity contribution in [3.8, 4) is 0 Å². The number of nitrogens with zero attached hydrogens (tertiary/aromatic N) is 2. The molecular weight excluding hydrogens is 624 g/mol. The first-order chi connectivity index (χ1) is 21.6. The Kier molecular flexibility index (Phi) is 7.13. The number of thiazole rings is 1. The lowest BCUT2D eigenvalue weighted by Gasteiger charge is -2.30. The van der Waals surface area contributed by atoms with E-state index < -0.39 is 57.1 Å². The molecule has 1 saturated heterocycles. The third-order valence-corrected chi connectivity index (χ3v) is 10.6. The largest absolute Gasteiger partial charge is 0.418 e. The number of para-hydroxylation sites is 1. The Morgan fingerprint density at radius 3 is 2.27 bits per heavy atom. The minimum Gasteiger partial charge on any atom is -0.325 e. The van der Waals surface area contributed by atoms with Crippen LogP contribution in [0, 0.1) is 5.92 Å². The zero-order chi connectivity index (χ0) is 31.5. The summed E-state index contributed by atoms with van der Waals surface area (Å²) in [6.07, 6.45) is -4.80. The fourth-order valence-electron chi connectivity index (χ4n) is 6.03. The molecule has 4 aromatic carbocycles. The summed E-state index contributed by atoms with van der Waals surface area (Å²) in [6, 6.07) is 26.4. The number of thioether (sulfide) groups is 1. The third kappa shape index (κ3) is 5.03. The monoisotopic (exact) mass is 645 g/mol. The number of amides is 3. The molecule has 3 heterocycles. The van der Waals surface area contributed by atoms with Crippen molar-refractivity contribution in [1.29, 1.82) is 0 Å². The second-order valence-corrected chi connectivity index (χ2v) is 12.8. The van der Waals surface area contributed by atoms with E-state index in [2.05, 4.69) is 5.32 Å². The van der Waals surface area contributed by atoms with Gasteiger partial charge in [0, 0.05) is 16.5 Å². The zero-order valence-electron chi connectivity index (χ0n) is 23.2. The number of halogens is 3. The summed E-state index contributed by atoms with van der Waals surface area (Å²) < 4.78 is 43.1. The van der Waals surface area contributed by atoms with Gasteiger partial charge in [0.1, 0.15) is 11.8 Å². The van der Waals surface area contributed by atoms with Crippen molar-refractivity contribution in [2.45, 2.75) is 28.9 Å². The number of alkyl halides is 3. The summed E-state index contributed by atoms with van der Waals surface area (Å²) in [5.41, 5.74) is -0.447. The standard InChI is InChI=1S/C33H22F3N3O4S2/c34-33(35,36)22-12-6-7-13-23(22)39-29(41)26-25(19-9-2-1-3-10-19)28-31(44-27(26)30(39)42)38(32(43)45-28)17-24(40)37-21-15-14-18-8-4-5-11-20(18)16-21/h1-16,25-27H,17H2,(H,37,40)/t25-,26-,27+/m0/s1. The van der Waals surface area contributed by atoms with Crippen molar-refractivity contribution in [2.75, 3.05) is 10.2 Å². The van der Waals surface area contributed by atoms with E-state index in [4.69, 9.17) is 0 Å². The lowest BCUT2D eigenvalue weighted by Crippen LogP contribution is -2.33. The van der Waals surface area contributed by atoms with Crippen molar-refractivity contribution in [3.05, 3.63) is 123 Å². The molecule has 1 N–H and O–H groups in total. The molecular formula is C33H22F3N3O4S2. The minimum atomic E-state index is -4.80. The molecule has 0 saturated carbocycles. The van der Waals surface area contributed by atoms with Crippen LogP contribution in [0.15, 0.2) is 107 Å². The van der Waals surface area contributed by atoms with Crippen molar-refractivity contribution >= 4 is 63.0 Å². The molecule has 12 heteroatoms. The topological polar surface area (TPSA) is 88.5 Å². The number of hydrogen-bond donors (Lipinski definition) is 1. The molecule has 0 bridgehead atoms. The molecule has 226 valence electrons. The highest BCUT2D eigenvalue weighted by molar-refractivity contribution is 8.00. The quantitative estimate of drug-likeness (QED) is 0.220. The second kappa shape index (κ2) is 11.0. The predicted molar refractivity (Wildman–Crippen MR) is 167 cm³/mol. The highest BCUT2D eigenvalue weighted by Gasteiger charge is 2.57. The van der Waals surface area contributed by atoms with Crippen LogP contribution in [0.2, 0.25) is 0 Å². The van der Waals surface area contributed by atoms with Gasteiger partial charge in [-0.2, -0.15) is 13.2 Å². The fourth-order valence-corrected chi connectivity index (χ4v) is 8.80. The normalized spacial score (nSPS) is 19.4. The van der Waals surface area contributed by atoms with Crippen molar-refractivity contribution in [2.24, 2.45) is 5.92 Å². The van der Waals surface area contributed by atoms with Gasteiger partial charge >= 0.3 is 11.0 Å². The predicted octanol–water partition coefficient (Wildman–Crippen LogP) is 6.52. The Balaban J connectivity index is 1.27. The van der Waals surface area contributed by atoms with Crippen molar-refractivity contribution in [3.63, 3.8) is 0 Å². The van der Waals surface area contributed by atoms with Crippen LogP contribution < -0.4 is 15.1 Å². The van der Waals surface area contributed by atoms with E-state index in [1.165, 1.54) is 16.7 Å². The molecule has 2 aliphatic heterocycles. The van der Waals surface area contributed by atoms with E-state index in [1.807, 2.05) is 36.4 Å². The number of carbonyl (C=O) groups is 3. The number of nitrogens with one attached hydrogen (secondary N) is 1. The van der Waals surface area contributed by atoms with Crippen LogP contribution in [-0.2, 0) is 27.1 Å². The van der Waals surface area contributed by atoms with Crippen molar-refractivity contribution < 1.29 is 27.6 Å². The summed E-state index contributed by atoms with van der Waals surface area (Å²) in [5.74, 6) is -3.88. The van der Waals surface area contributed by atoms with Crippen LogP contribution in [0.1, 0.15) is 21.9 Å². The Morgan fingerprint density at radius 1 is 0.822 bits per heavy atom. The molecule has 5 aromatic rings. The van der Waals surface area contributed by atoms with Gasteiger partial charge in [-0.3, -0.25) is 23.7 Å². The highest BCUT2D eigenvalue weighted by Crippen LogP contribution is 2.54. The van der Waals surface area contributed by atoms with Crippen LogP contribution in [0.25, 0.3) is 10.8 Å². The molecule has 0 aliphatic carbocycles. The molecule has 0 radical (unpaired) electrons. The van der Waals surface area contributed by atoms with Crippen LogP contribution >= 0.6 is 23.1 Å². The Hall–Kier alpha value is -4.68. The Bertz CT molecular complexity index is 2060. The summed E-state index contributed by atoms with van der Waals surface area (Å²) >= 11 is 1.82. The maximum Gasteiger partial charge on any atom is 0.418 e. The number of rotatable bonds is 5. The number of hydrogen-bond acceptors (Lipinski definition) is 6. The second-order valence-electron chi connectivity index (χ2n) is 10.7. The molecule has 0 spiro atoms. The number of imide groups is 1. The number of anilines is 2. The number of carbonyl (C=O) groups excluding carboxylic acids is 3. The Labute approximate surface area is 262 Å². The maximum absolute atomic E-state index is 14.0. The van der Waals surface area contributed by atoms with Crippen LogP contribution in [0.3, 0.4) is 0 Å². The zero-order valence-corrected chi connectivity index (χ0v) is 24.8. The average molecular weight is 646 g/mol. The van der Waals surface area contributed by atoms with Gasteiger partial charge < -0.3 is 5.32 Å². The molecule has 3 atom stereocenters. The van der Waals surface area contributed by atoms with Gasteiger partial charge in [-0.25, -0.2) is 4.90 Å². The van der Waals surface area contributed by atoms with E-state index >= 15 is 0 Å². The SMILES string of the molecule is O=C(Cn1c2c(sc1=O)[C@@H](c1ccccc1)[C@@H]1C(=O)N(c3ccccc3C(F)(F)F)C(=O)[C@@H]1S2)Nc1ccc2ccccc2c1. The molecule has 7 nitrogen and oxygen atoms in total. The van der Waals surface area contributed by atoms with E-state index in [0.29, 0.717) is 26.1 Å². The Morgan fingerprint density at radius 2 is 1.51 bits per heavy atom. The number of aromatic nitrogens is 1. The lowest BCUT2D eigenvalue weighted by molar-refractivity contribution is -0.137. The van der Waals surface area contributed by atoms with E-state index in [1.54, 1.807) is 36.4 Å². The summed E-state index contributed by atoms with van der Waals surface area (Å²) in [5, 5.41) is 3.98. The lowest BCUT2D eigenvalue weighted by atomic mass is 9.83. The van der Waals surface area contributed by atoms with Crippen LogP contribution in [0.5, 0.6) is 0 Å². The first-order valence-corrected chi connectivity index (χ1v) is 15.6. The summed E-state index contributed by atoms with van der Waals surface area (Å²) in [7, 11) is 0. The van der Waals surface area contributed by atoms with Gasteiger partial charge in [0.25, 0.3) is 0 Å². The fraction of sp³-hybridized carbons (Fsp3) is 0.152. The van der Waals surface area contributed by atoms with Gasteiger partial charge in [-0.05, 0) is 40.6 Å². The highest BCUT2D eigenvalue weighted by atomic mass is 32.2. The first kappa shape index (κ1) is 29.1. The maximum atomic E-state index is 14.0. The van der Waals surface area contributed by atoms with Gasteiger partial charge in [0.2, 0.25) is 17.7 Å². The van der Waals surface area contributed by atoms with Crippen LogP contribution in [-0.4, -0.2) is 27.5 Å². The molecule has 45 heavy (non-hydrogen) atoms. The van der Waals surface area contributed by atoms with Crippen LogP contribution in [0.4, 0.5) is 24.5 Å². The molecule has 2 aliphatic rings. The van der Waals surface area contributed by atoms with Gasteiger partial charge in [-0.1, -0.05) is 95.9 Å². The number of fused-ring (bicyclic) bond motifs is 3. The third-order valence-electron chi connectivity index (χ3n) is 7.99. The average Bonchev–Trinajstić information content (AvgIpc) is 3.47. The molecule has 1 aromatic heterocycles. The van der Waals surface area contributed by atoms with Crippen molar-refractivity contribution in [1.82, 2.24) is 4.57 Å². The summed E-state index contributed by atoms with van der Waals surface area (Å²) in [4.78, 5) is 55.1. The first-order valence-electron chi connectivity index (χ1n) is 13.9. The van der Waals surface area contributed by atoms with Gasteiger partial charge in [0.15, 0.2) is 0 Å². The molecule has 1 fully saturated rings. The van der Waals surface area contributed by atoms with E-state index in [-0.39, 0.29) is 6.54 Å². The van der Waals surface area contributed by atoms with E-state index in [9.17, 15) is 32.3 Å². The summed E-state index contributed by atoms with van der Waals surface area (Å²) in [6.45, 7) is -0.355. The van der Waals surface area contributed by atoms with Gasteiger partial charge in [-0.15, -0.1) is 0 Å². The minimum absolute atomic E-state index is 0.348. The molecule has 3 amide bonds. The van der Waals surface area contributed by atoms with E-state index in [0.717, 1.165) is 46.0 Å². The van der Waals surface area contributed by atoms with Gasteiger partial charge in [0.05, 0.1) is 22.2 Å².